The summed E-state index contributed by atoms with van der Waals surface area (Å²) >= 11 is 0. The molecule has 0 amide bonds. The largest absolute Gasteiger partial charge is 0.466 e. The van der Waals surface area contributed by atoms with Crippen LogP contribution >= 0.6 is 0 Å². The number of benzene rings is 1. The molecule has 1 atom stereocenters. The van der Waals surface area contributed by atoms with Gasteiger partial charge in [-0.15, -0.1) is 0 Å². The second kappa shape index (κ2) is 14.2. The van der Waals surface area contributed by atoms with Gasteiger partial charge in [-0.2, -0.15) is 0 Å². The van der Waals surface area contributed by atoms with Crippen molar-refractivity contribution in [2.24, 2.45) is 0 Å². The van der Waals surface area contributed by atoms with Crippen LogP contribution in [-0.2, 0) is 23.4 Å². The van der Waals surface area contributed by atoms with Crippen molar-refractivity contribution in [2.75, 3.05) is 31.7 Å². The Morgan fingerprint density at radius 1 is 0.943 bits per heavy atom. The number of hydrogen-bond acceptors (Lipinski definition) is 8. The minimum atomic E-state index is -1.87. The molecular formula is C26H43NO7Si. The van der Waals surface area contributed by atoms with Crippen LogP contribution in [0.5, 0.6) is 0 Å². The summed E-state index contributed by atoms with van der Waals surface area (Å²) in [6.07, 6.45) is 1.50. The molecule has 35 heavy (non-hydrogen) atoms. The monoisotopic (exact) mass is 509 g/mol. The third-order valence-corrected chi connectivity index (χ3v) is 10.6. The van der Waals surface area contributed by atoms with Crippen molar-refractivity contribution in [3.63, 3.8) is 0 Å². The lowest BCUT2D eigenvalue weighted by molar-refractivity contribution is -0.143. The number of nitrogens with one attached hydrogen (secondary N) is 1. The molecular weight excluding hydrogens is 466 g/mol. The van der Waals surface area contributed by atoms with Crippen molar-refractivity contribution >= 4 is 31.9 Å². The van der Waals surface area contributed by atoms with E-state index in [1.54, 1.807) is 32.9 Å². The van der Waals surface area contributed by atoms with Gasteiger partial charge in [0.25, 0.3) is 0 Å². The van der Waals surface area contributed by atoms with Crippen LogP contribution in [0.4, 0.5) is 5.69 Å². The van der Waals surface area contributed by atoms with Gasteiger partial charge in [0.05, 0.1) is 37.4 Å². The Kier molecular flexibility index (Phi) is 12.5. The average molecular weight is 510 g/mol. The van der Waals surface area contributed by atoms with Gasteiger partial charge in [-0.3, -0.25) is 4.79 Å². The molecule has 1 unspecified atom stereocenters. The Labute approximate surface area is 211 Å². The molecule has 1 N–H and O–H groups in total. The smallest absolute Gasteiger partial charge is 0.340 e. The van der Waals surface area contributed by atoms with Gasteiger partial charge >= 0.3 is 17.9 Å². The summed E-state index contributed by atoms with van der Waals surface area (Å²) in [6, 6.07) is 4.40. The highest BCUT2D eigenvalue weighted by Crippen LogP contribution is 2.36. The third-order valence-electron chi connectivity index (χ3n) is 6.07. The molecule has 0 saturated carbocycles. The highest BCUT2D eigenvalue weighted by atomic mass is 28.4. The van der Waals surface area contributed by atoms with Crippen LogP contribution in [0.15, 0.2) is 18.2 Å². The number of esters is 3. The van der Waals surface area contributed by atoms with Gasteiger partial charge in [0.15, 0.2) is 8.32 Å². The lowest BCUT2D eigenvalue weighted by Gasteiger charge is -2.36. The summed E-state index contributed by atoms with van der Waals surface area (Å²) in [5.41, 5.74) is 0.949. The second-order valence-electron chi connectivity index (χ2n) is 9.80. The second-order valence-corrected chi connectivity index (χ2v) is 14.6. The van der Waals surface area contributed by atoms with E-state index in [-0.39, 0.29) is 47.8 Å². The molecule has 0 aliphatic heterocycles. The molecule has 0 bridgehead atoms. The molecule has 1 aromatic carbocycles. The Balaban J connectivity index is 3.08. The van der Waals surface area contributed by atoms with Crippen LogP contribution in [-0.4, -0.2) is 58.7 Å². The third kappa shape index (κ3) is 10.0. The van der Waals surface area contributed by atoms with Gasteiger partial charge in [0, 0.05) is 18.3 Å². The quantitative estimate of drug-likeness (QED) is 0.150. The molecule has 0 heterocycles. The minimum Gasteiger partial charge on any atom is -0.466 e. The number of rotatable bonds is 14. The standard InChI is InChI=1S/C26H43NO7Si/c1-9-31-23(28)18-20(13-12-16-34-35(7,8)26(4,5)6)27-22-15-14-19(24(29)32-10-2)17-21(22)25(30)33-11-3/h14-15,17,20,27H,9-13,16,18H2,1-8H3. The molecule has 8 nitrogen and oxygen atoms in total. The van der Waals surface area contributed by atoms with Crippen LogP contribution in [0.25, 0.3) is 0 Å². The van der Waals surface area contributed by atoms with E-state index in [0.717, 1.165) is 6.42 Å². The summed E-state index contributed by atoms with van der Waals surface area (Å²) in [5.74, 6) is -1.40. The summed E-state index contributed by atoms with van der Waals surface area (Å²) in [4.78, 5) is 37.1. The maximum absolute atomic E-state index is 12.6. The molecule has 0 spiro atoms. The fraction of sp³-hybridized carbons (Fsp3) is 0.654. The van der Waals surface area contributed by atoms with Crippen LogP contribution in [0, 0.1) is 0 Å². The molecule has 1 aromatic rings. The average Bonchev–Trinajstić information content (AvgIpc) is 2.76. The van der Waals surface area contributed by atoms with E-state index in [1.807, 2.05) is 0 Å². The van der Waals surface area contributed by atoms with Gasteiger partial charge in [-0.1, -0.05) is 20.8 Å². The lowest BCUT2D eigenvalue weighted by Crippen LogP contribution is -2.41. The maximum Gasteiger partial charge on any atom is 0.340 e. The molecule has 1 rings (SSSR count). The van der Waals surface area contributed by atoms with Gasteiger partial charge in [0.2, 0.25) is 0 Å². The predicted molar refractivity (Wildman–Crippen MR) is 139 cm³/mol. The van der Waals surface area contributed by atoms with Gasteiger partial charge in [0.1, 0.15) is 0 Å². The van der Waals surface area contributed by atoms with Crippen LogP contribution in [0.2, 0.25) is 18.1 Å². The Bertz CT molecular complexity index is 849. The molecule has 9 heteroatoms. The zero-order chi connectivity index (χ0) is 26.6. The van der Waals surface area contributed by atoms with Crippen LogP contribution in [0.1, 0.15) is 81.5 Å². The summed E-state index contributed by atoms with van der Waals surface area (Å²) < 4.78 is 21.7. The first kappa shape index (κ1) is 30.6. The van der Waals surface area contributed by atoms with Crippen LogP contribution < -0.4 is 5.32 Å². The van der Waals surface area contributed by atoms with E-state index in [9.17, 15) is 14.4 Å². The van der Waals surface area contributed by atoms with Gasteiger partial charge in [-0.05, 0) is 69.9 Å². The highest BCUT2D eigenvalue weighted by Gasteiger charge is 2.36. The zero-order valence-electron chi connectivity index (χ0n) is 22.6. The number of carbonyl (C=O) groups is 3. The Morgan fingerprint density at radius 3 is 2.11 bits per heavy atom. The SMILES string of the molecule is CCOC(=O)CC(CCCO[Si](C)(C)C(C)(C)C)Nc1ccc(C(=O)OCC)cc1C(=O)OCC. The lowest BCUT2D eigenvalue weighted by atomic mass is 10.0. The first-order valence-electron chi connectivity index (χ1n) is 12.4. The minimum absolute atomic E-state index is 0.116. The maximum atomic E-state index is 12.6. The topological polar surface area (TPSA) is 100 Å². The van der Waals surface area contributed by atoms with Crippen molar-refractivity contribution < 1.29 is 33.0 Å². The van der Waals surface area contributed by atoms with E-state index in [2.05, 4.69) is 39.2 Å². The number of carbonyl (C=O) groups excluding carboxylic acids is 3. The highest BCUT2D eigenvalue weighted by molar-refractivity contribution is 6.74. The van der Waals surface area contributed by atoms with E-state index >= 15 is 0 Å². The van der Waals surface area contributed by atoms with E-state index in [4.69, 9.17) is 18.6 Å². The summed E-state index contributed by atoms with van der Waals surface area (Å²) in [5, 5.41) is 3.42. The fourth-order valence-electron chi connectivity index (χ4n) is 3.13. The predicted octanol–water partition coefficient (Wildman–Crippen LogP) is 5.58. The first-order chi connectivity index (χ1) is 16.4. The van der Waals surface area contributed by atoms with Crippen LogP contribution in [0.3, 0.4) is 0 Å². The van der Waals surface area contributed by atoms with Gasteiger partial charge in [-0.25, -0.2) is 9.59 Å². The van der Waals surface area contributed by atoms with E-state index < -0.39 is 20.3 Å². The zero-order valence-corrected chi connectivity index (χ0v) is 23.6. The van der Waals surface area contributed by atoms with Crippen molar-refractivity contribution in [3.8, 4) is 0 Å². The number of ether oxygens (including phenoxy) is 3. The molecule has 0 aliphatic carbocycles. The summed E-state index contributed by atoms with van der Waals surface area (Å²) in [7, 11) is -1.87. The fourth-order valence-corrected chi connectivity index (χ4v) is 4.22. The van der Waals surface area contributed by atoms with Crippen molar-refractivity contribution in [2.45, 2.75) is 85.0 Å². The number of anilines is 1. The van der Waals surface area contributed by atoms with Crippen molar-refractivity contribution in [3.05, 3.63) is 29.3 Å². The van der Waals surface area contributed by atoms with E-state index in [1.165, 1.54) is 6.07 Å². The molecule has 0 aromatic heterocycles. The molecule has 0 aliphatic rings. The van der Waals surface area contributed by atoms with E-state index in [0.29, 0.717) is 25.3 Å². The van der Waals surface area contributed by atoms with Crippen molar-refractivity contribution in [1.29, 1.82) is 0 Å². The first-order valence-corrected chi connectivity index (χ1v) is 15.3. The molecule has 198 valence electrons. The van der Waals surface area contributed by atoms with Crippen molar-refractivity contribution in [1.82, 2.24) is 0 Å². The Hall–Kier alpha value is -2.39. The summed E-state index contributed by atoms with van der Waals surface area (Å²) in [6.45, 7) is 17.5. The number of hydrogen-bond donors (Lipinski definition) is 1. The molecule has 0 radical (unpaired) electrons. The normalized spacial score (nSPS) is 12.6. The Morgan fingerprint density at radius 2 is 1.54 bits per heavy atom. The van der Waals surface area contributed by atoms with Gasteiger partial charge < -0.3 is 24.0 Å². The molecule has 0 fully saturated rings. The molecule has 0 saturated heterocycles.